The molecule has 0 saturated carbocycles. The zero-order valence-electron chi connectivity index (χ0n) is 10.0. The molecule has 1 aliphatic rings. The van der Waals surface area contributed by atoms with Crippen molar-refractivity contribution in [2.75, 3.05) is 19.3 Å². The fraction of sp³-hybridized carbons (Fsp3) is 0.583. The van der Waals surface area contributed by atoms with Crippen LogP contribution in [0.15, 0.2) is 24.5 Å². The van der Waals surface area contributed by atoms with Crippen molar-refractivity contribution >= 4 is 10.0 Å². The SMILES string of the molecule is CS(=O)(=O)N1CCCC(Cc2cccnc2)C1. The topological polar surface area (TPSA) is 50.3 Å². The van der Waals surface area contributed by atoms with Gasteiger partial charge in [-0.05, 0) is 36.8 Å². The maximum Gasteiger partial charge on any atom is 0.211 e. The fourth-order valence-corrected chi connectivity index (χ4v) is 3.29. The lowest BCUT2D eigenvalue weighted by Crippen LogP contribution is -2.39. The smallest absolute Gasteiger partial charge is 0.211 e. The average Bonchev–Trinajstić information content (AvgIpc) is 2.29. The maximum absolute atomic E-state index is 11.5. The van der Waals surface area contributed by atoms with Crippen molar-refractivity contribution in [1.82, 2.24) is 9.29 Å². The number of sulfonamides is 1. The van der Waals surface area contributed by atoms with E-state index in [4.69, 9.17) is 0 Å². The molecule has 0 spiro atoms. The lowest BCUT2D eigenvalue weighted by atomic mass is 9.93. The van der Waals surface area contributed by atoms with Crippen LogP contribution in [0, 0.1) is 5.92 Å². The third kappa shape index (κ3) is 3.51. The van der Waals surface area contributed by atoms with Gasteiger partial charge < -0.3 is 0 Å². The van der Waals surface area contributed by atoms with E-state index in [-0.39, 0.29) is 0 Å². The number of rotatable bonds is 3. The number of hydrogen-bond donors (Lipinski definition) is 0. The van der Waals surface area contributed by atoms with Crippen LogP contribution in [-0.2, 0) is 16.4 Å². The number of aromatic nitrogens is 1. The molecule has 0 N–H and O–H groups in total. The Labute approximate surface area is 103 Å². The Morgan fingerprint density at radius 1 is 1.53 bits per heavy atom. The molecule has 1 fully saturated rings. The van der Waals surface area contributed by atoms with Crippen LogP contribution in [0.1, 0.15) is 18.4 Å². The van der Waals surface area contributed by atoms with Gasteiger partial charge in [0.1, 0.15) is 0 Å². The van der Waals surface area contributed by atoms with Crippen molar-refractivity contribution in [2.24, 2.45) is 5.92 Å². The summed E-state index contributed by atoms with van der Waals surface area (Å²) in [4.78, 5) is 4.09. The monoisotopic (exact) mass is 254 g/mol. The predicted octanol–water partition coefficient (Wildman–Crippen LogP) is 1.30. The largest absolute Gasteiger partial charge is 0.264 e. The van der Waals surface area contributed by atoms with E-state index in [0.717, 1.165) is 19.3 Å². The molecule has 17 heavy (non-hydrogen) atoms. The highest BCUT2D eigenvalue weighted by atomic mass is 32.2. The second kappa shape index (κ2) is 5.14. The van der Waals surface area contributed by atoms with Gasteiger partial charge in [0.15, 0.2) is 0 Å². The molecule has 0 bridgehead atoms. The van der Waals surface area contributed by atoms with E-state index in [9.17, 15) is 8.42 Å². The Balaban J connectivity index is 1.99. The van der Waals surface area contributed by atoms with Crippen LogP contribution < -0.4 is 0 Å². The lowest BCUT2D eigenvalue weighted by molar-refractivity contribution is 0.266. The molecule has 2 rings (SSSR count). The Hall–Kier alpha value is -0.940. The summed E-state index contributed by atoms with van der Waals surface area (Å²) in [5.74, 6) is 0.419. The van der Waals surface area contributed by atoms with Crippen LogP contribution in [0.2, 0.25) is 0 Å². The van der Waals surface area contributed by atoms with Gasteiger partial charge in [-0.1, -0.05) is 6.07 Å². The van der Waals surface area contributed by atoms with Crippen LogP contribution in [-0.4, -0.2) is 37.1 Å². The second-order valence-corrected chi connectivity index (χ2v) is 6.68. The van der Waals surface area contributed by atoms with Crippen molar-refractivity contribution in [3.05, 3.63) is 30.1 Å². The molecular weight excluding hydrogens is 236 g/mol. The molecule has 2 heterocycles. The summed E-state index contributed by atoms with van der Waals surface area (Å²) in [6, 6.07) is 3.97. The molecular formula is C12H18N2O2S. The molecule has 4 nitrogen and oxygen atoms in total. The molecule has 94 valence electrons. The number of nitrogens with zero attached hydrogens (tertiary/aromatic N) is 2. The van der Waals surface area contributed by atoms with Crippen molar-refractivity contribution in [3.63, 3.8) is 0 Å². The van der Waals surface area contributed by atoms with E-state index in [2.05, 4.69) is 4.98 Å². The van der Waals surface area contributed by atoms with E-state index in [1.807, 2.05) is 18.3 Å². The summed E-state index contributed by atoms with van der Waals surface area (Å²) in [5, 5.41) is 0. The standard InChI is InChI=1S/C12H18N2O2S/c1-17(15,16)14-7-3-5-12(10-14)8-11-4-2-6-13-9-11/h2,4,6,9,12H,3,5,7-8,10H2,1H3. The average molecular weight is 254 g/mol. The first-order valence-electron chi connectivity index (χ1n) is 5.90. The van der Waals surface area contributed by atoms with Gasteiger partial charge in [-0.25, -0.2) is 12.7 Å². The third-order valence-electron chi connectivity index (χ3n) is 3.20. The van der Waals surface area contributed by atoms with Gasteiger partial charge in [-0.15, -0.1) is 0 Å². The second-order valence-electron chi connectivity index (χ2n) is 4.69. The van der Waals surface area contributed by atoms with Crippen molar-refractivity contribution in [2.45, 2.75) is 19.3 Å². The van der Waals surface area contributed by atoms with Gasteiger partial charge in [0.2, 0.25) is 10.0 Å². The predicted molar refractivity (Wildman–Crippen MR) is 67.1 cm³/mol. The molecule has 0 aromatic carbocycles. The van der Waals surface area contributed by atoms with Gasteiger partial charge in [0.25, 0.3) is 0 Å². The summed E-state index contributed by atoms with van der Waals surface area (Å²) in [5.41, 5.74) is 1.19. The quantitative estimate of drug-likeness (QED) is 0.817. The first kappa shape index (κ1) is 12.5. The van der Waals surface area contributed by atoms with E-state index in [1.165, 1.54) is 11.8 Å². The zero-order valence-corrected chi connectivity index (χ0v) is 10.9. The summed E-state index contributed by atoms with van der Waals surface area (Å²) < 4.78 is 24.6. The first-order chi connectivity index (χ1) is 8.05. The summed E-state index contributed by atoms with van der Waals surface area (Å²) in [6.07, 6.45) is 7.88. The molecule has 0 amide bonds. The fourth-order valence-electron chi connectivity index (χ4n) is 2.35. The minimum atomic E-state index is -3.03. The van der Waals surface area contributed by atoms with Crippen molar-refractivity contribution in [1.29, 1.82) is 0 Å². The highest BCUT2D eigenvalue weighted by molar-refractivity contribution is 7.88. The van der Waals surface area contributed by atoms with Crippen molar-refractivity contribution in [3.8, 4) is 0 Å². The van der Waals surface area contributed by atoms with Gasteiger partial charge in [-0.3, -0.25) is 4.98 Å². The van der Waals surface area contributed by atoms with Crippen LogP contribution in [0.4, 0.5) is 0 Å². The lowest BCUT2D eigenvalue weighted by Gasteiger charge is -2.30. The molecule has 1 aliphatic heterocycles. The van der Waals surface area contributed by atoms with E-state index in [1.54, 1.807) is 10.5 Å². The van der Waals surface area contributed by atoms with E-state index in [0.29, 0.717) is 19.0 Å². The van der Waals surface area contributed by atoms with Gasteiger partial charge >= 0.3 is 0 Å². The Morgan fingerprint density at radius 3 is 3.00 bits per heavy atom. The highest BCUT2D eigenvalue weighted by Gasteiger charge is 2.25. The van der Waals surface area contributed by atoms with E-state index < -0.39 is 10.0 Å². The molecule has 0 aliphatic carbocycles. The van der Waals surface area contributed by atoms with Crippen LogP contribution in [0.5, 0.6) is 0 Å². The summed E-state index contributed by atoms with van der Waals surface area (Å²) in [6.45, 7) is 1.32. The number of pyridine rings is 1. The molecule has 5 heteroatoms. The van der Waals surface area contributed by atoms with Gasteiger partial charge in [0, 0.05) is 25.5 Å². The molecule has 1 atom stereocenters. The number of hydrogen-bond acceptors (Lipinski definition) is 3. The highest BCUT2D eigenvalue weighted by Crippen LogP contribution is 2.21. The van der Waals surface area contributed by atoms with E-state index >= 15 is 0 Å². The molecule has 1 aromatic rings. The molecule has 1 saturated heterocycles. The molecule has 1 aromatic heterocycles. The third-order valence-corrected chi connectivity index (χ3v) is 4.47. The minimum absolute atomic E-state index is 0.419. The van der Waals surface area contributed by atoms with Gasteiger partial charge in [0.05, 0.1) is 6.26 Å². The van der Waals surface area contributed by atoms with Crippen LogP contribution >= 0.6 is 0 Å². The van der Waals surface area contributed by atoms with Crippen LogP contribution in [0.3, 0.4) is 0 Å². The Bertz CT molecular complexity index is 459. The van der Waals surface area contributed by atoms with Crippen LogP contribution in [0.25, 0.3) is 0 Å². The summed E-state index contributed by atoms with van der Waals surface area (Å²) >= 11 is 0. The summed E-state index contributed by atoms with van der Waals surface area (Å²) in [7, 11) is -3.03. The van der Waals surface area contributed by atoms with Crippen molar-refractivity contribution < 1.29 is 8.42 Å². The Kier molecular flexibility index (Phi) is 3.79. The zero-order chi connectivity index (χ0) is 12.3. The first-order valence-corrected chi connectivity index (χ1v) is 7.74. The maximum atomic E-state index is 11.5. The molecule has 0 radical (unpaired) electrons. The normalized spacial score (nSPS) is 22.5. The minimum Gasteiger partial charge on any atom is -0.264 e. The number of piperidine rings is 1. The Morgan fingerprint density at radius 2 is 2.35 bits per heavy atom. The van der Waals surface area contributed by atoms with Gasteiger partial charge in [-0.2, -0.15) is 0 Å². The molecule has 1 unspecified atom stereocenters.